The minimum Gasteiger partial charge on any atom is -0.481 e. The molecule has 10 heavy (non-hydrogen) atoms. The van der Waals surface area contributed by atoms with E-state index >= 15 is 0 Å². The number of hydrogen-bond acceptors (Lipinski definition) is 4. The lowest BCUT2D eigenvalue weighted by Gasteiger charge is -2.02. The van der Waals surface area contributed by atoms with Crippen LogP contribution in [0.25, 0.3) is 0 Å². The highest BCUT2D eigenvalue weighted by atomic mass is 17.1. The molecule has 0 radical (unpaired) electrons. The number of rotatable bonds is 3. The fourth-order valence-corrected chi connectivity index (χ4v) is 0.506. The zero-order valence-corrected chi connectivity index (χ0v) is 5.40. The maximum atomic E-state index is 10.3. The molecule has 0 aliphatic rings. The summed E-state index contributed by atoms with van der Waals surface area (Å²) in [5.41, 5.74) is 0. The van der Waals surface area contributed by atoms with Gasteiger partial charge in [-0.3, -0.25) is 4.79 Å². The summed E-state index contributed by atoms with van der Waals surface area (Å²) in [5.74, 6) is -3.68. The van der Waals surface area contributed by atoms with E-state index in [0.717, 1.165) is 0 Å². The second-order valence-electron chi connectivity index (χ2n) is 1.71. The van der Waals surface area contributed by atoms with Crippen LogP contribution in [0.15, 0.2) is 0 Å². The Morgan fingerprint density at radius 1 is 1.60 bits per heavy atom. The molecular formula is C5H8O5. The molecule has 0 bridgehead atoms. The smallest absolute Gasteiger partial charge is 0.356 e. The van der Waals surface area contributed by atoms with Crippen LogP contribution in [0.4, 0.5) is 0 Å². The van der Waals surface area contributed by atoms with E-state index in [-0.39, 0.29) is 6.42 Å². The van der Waals surface area contributed by atoms with Crippen molar-refractivity contribution >= 4 is 11.9 Å². The molecule has 58 valence electrons. The summed E-state index contributed by atoms with van der Waals surface area (Å²) < 4.78 is 0. The first-order valence-corrected chi connectivity index (χ1v) is 2.71. The van der Waals surface area contributed by atoms with E-state index in [1.165, 1.54) is 6.92 Å². The normalized spacial score (nSPS) is 12.2. The summed E-state index contributed by atoms with van der Waals surface area (Å²) in [6.07, 6.45) is 0.106. The molecule has 1 unspecified atom stereocenters. The van der Waals surface area contributed by atoms with Gasteiger partial charge in [-0.05, 0) is 6.42 Å². The van der Waals surface area contributed by atoms with E-state index in [9.17, 15) is 9.59 Å². The minimum absolute atomic E-state index is 0.106. The molecule has 0 aliphatic heterocycles. The first-order chi connectivity index (χ1) is 4.63. The van der Waals surface area contributed by atoms with Crippen molar-refractivity contribution < 1.29 is 24.8 Å². The summed E-state index contributed by atoms with van der Waals surface area (Å²) in [6, 6.07) is 0. The highest BCUT2D eigenvalue weighted by molar-refractivity contribution is 5.93. The summed E-state index contributed by atoms with van der Waals surface area (Å²) in [7, 11) is 0. The van der Waals surface area contributed by atoms with Crippen LogP contribution in [-0.2, 0) is 14.5 Å². The second kappa shape index (κ2) is 3.84. The Labute approximate surface area is 57.2 Å². The van der Waals surface area contributed by atoms with Crippen molar-refractivity contribution in [3.63, 3.8) is 0 Å². The van der Waals surface area contributed by atoms with Gasteiger partial charge < -0.3 is 9.99 Å². The molecule has 0 amide bonds. The average Bonchev–Trinajstić information content (AvgIpc) is 1.88. The second-order valence-corrected chi connectivity index (χ2v) is 1.71. The standard InChI is InChI=1S/C5H8O5/c1-2-3(4(6)7)5(8)10-9/h3,9H,2H2,1H3,(H,6,7). The van der Waals surface area contributed by atoms with Gasteiger partial charge in [0, 0.05) is 0 Å². The first-order valence-electron chi connectivity index (χ1n) is 2.71. The molecule has 1 atom stereocenters. The van der Waals surface area contributed by atoms with Crippen LogP contribution in [0.5, 0.6) is 0 Å². The lowest BCUT2D eigenvalue weighted by atomic mass is 10.1. The fraction of sp³-hybridized carbons (Fsp3) is 0.600. The van der Waals surface area contributed by atoms with Crippen LogP contribution in [0.2, 0.25) is 0 Å². The van der Waals surface area contributed by atoms with E-state index in [4.69, 9.17) is 10.4 Å². The van der Waals surface area contributed by atoms with E-state index in [0.29, 0.717) is 0 Å². The van der Waals surface area contributed by atoms with E-state index in [2.05, 4.69) is 4.89 Å². The van der Waals surface area contributed by atoms with E-state index < -0.39 is 17.9 Å². The van der Waals surface area contributed by atoms with Crippen LogP contribution in [0.1, 0.15) is 13.3 Å². The number of carboxylic acid groups (broad SMARTS) is 1. The van der Waals surface area contributed by atoms with Gasteiger partial charge in [0.2, 0.25) is 0 Å². The van der Waals surface area contributed by atoms with Gasteiger partial charge in [-0.15, -0.1) is 0 Å². The average molecular weight is 148 g/mol. The van der Waals surface area contributed by atoms with Gasteiger partial charge >= 0.3 is 11.9 Å². The molecule has 0 saturated heterocycles. The molecule has 0 aromatic rings. The van der Waals surface area contributed by atoms with Gasteiger partial charge in [0.25, 0.3) is 0 Å². The molecule has 5 heteroatoms. The van der Waals surface area contributed by atoms with Crippen LogP contribution in [0, 0.1) is 5.92 Å². The number of carbonyl (C=O) groups is 2. The summed E-state index contributed by atoms with van der Waals surface area (Å²) in [6.45, 7) is 1.51. The predicted molar refractivity (Wildman–Crippen MR) is 30.1 cm³/mol. The Hall–Kier alpha value is -1.10. The van der Waals surface area contributed by atoms with Crippen LogP contribution < -0.4 is 0 Å². The zero-order chi connectivity index (χ0) is 8.15. The Morgan fingerprint density at radius 2 is 2.10 bits per heavy atom. The van der Waals surface area contributed by atoms with Gasteiger partial charge in [0.1, 0.15) is 0 Å². The van der Waals surface area contributed by atoms with Crippen molar-refractivity contribution in [2.24, 2.45) is 5.92 Å². The SMILES string of the molecule is CCC(C(=O)O)C(=O)OO. The monoisotopic (exact) mass is 148 g/mol. The van der Waals surface area contributed by atoms with E-state index in [1.54, 1.807) is 0 Å². The number of hydrogen-bond donors (Lipinski definition) is 2. The molecule has 5 nitrogen and oxygen atoms in total. The summed E-state index contributed by atoms with van der Waals surface area (Å²) in [5, 5.41) is 16.0. The Bertz CT molecular complexity index is 141. The molecule has 0 fully saturated rings. The van der Waals surface area contributed by atoms with Gasteiger partial charge in [-0.2, -0.15) is 5.26 Å². The predicted octanol–water partition coefficient (Wildman–Crippen LogP) is 0.113. The largest absolute Gasteiger partial charge is 0.481 e. The van der Waals surface area contributed by atoms with Crippen molar-refractivity contribution in [3.05, 3.63) is 0 Å². The van der Waals surface area contributed by atoms with Crippen LogP contribution in [-0.4, -0.2) is 22.3 Å². The minimum atomic E-state index is -1.29. The van der Waals surface area contributed by atoms with Crippen LogP contribution in [0.3, 0.4) is 0 Å². The maximum Gasteiger partial charge on any atom is 0.356 e. The third kappa shape index (κ3) is 2.02. The maximum absolute atomic E-state index is 10.3. The molecule has 0 aromatic heterocycles. The molecule has 0 saturated carbocycles. The van der Waals surface area contributed by atoms with Crippen LogP contribution >= 0.6 is 0 Å². The lowest BCUT2D eigenvalue weighted by molar-refractivity contribution is -0.239. The van der Waals surface area contributed by atoms with Crippen molar-refractivity contribution in [2.75, 3.05) is 0 Å². The zero-order valence-electron chi connectivity index (χ0n) is 5.40. The Balaban J connectivity index is 4.06. The molecule has 2 N–H and O–H groups in total. The topological polar surface area (TPSA) is 83.8 Å². The van der Waals surface area contributed by atoms with Crippen molar-refractivity contribution in [1.82, 2.24) is 0 Å². The van der Waals surface area contributed by atoms with E-state index in [1.807, 2.05) is 0 Å². The first kappa shape index (κ1) is 8.90. The van der Waals surface area contributed by atoms with Gasteiger partial charge in [-0.25, -0.2) is 4.79 Å². The third-order valence-corrected chi connectivity index (χ3v) is 1.08. The molecule has 0 rings (SSSR count). The number of carbonyl (C=O) groups excluding carboxylic acids is 1. The highest BCUT2D eigenvalue weighted by Crippen LogP contribution is 2.03. The molecule has 0 aromatic carbocycles. The number of carboxylic acids is 1. The quantitative estimate of drug-likeness (QED) is 0.337. The number of aliphatic carboxylic acids is 1. The summed E-state index contributed by atoms with van der Waals surface area (Å²) >= 11 is 0. The third-order valence-electron chi connectivity index (χ3n) is 1.08. The Kier molecular flexibility index (Phi) is 3.42. The lowest BCUT2D eigenvalue weighted by Crippen LogP contribution is -2.24. The van der Waals surface area contributed by atoms with Crippen molar-refractivity contribution in [3.8, 4) is 0 Å². The van der Waals surface area contributed by atoms with Crippen molar-refractivity contribution in [1.29, 1.82) is 0 Å². The highest BCUT2D eigenvalue weighted by Gasteiger charge is 2.25. The molecule has 0 aliphatic carbocycles. The van der Waals surface area contributed by atoms with Gasteiger partial charge in [0.05, 0.1) is 0 Å². The van der Waals surface area contributed by atoms with Crippen molar-refractivity contribution in [2.45, 2.75) is 13.3 Å². The van der Waals surface area contributed by atoms with Gasteiger partial charge in [-0.1, -0.05) is 6.92 Å². The Morgan fingerprint density at radius 3 is 2.20 bits per heavy atom. The van der Waals surface area contributed by atoms with Gasteiger partial charge in [0.15, 0.2) is 5.92 Å². The fourth-order valence-electron chi connectivity index (χ4n) is 0.506. The molecule has 0 heterocycles. The summed E-state index contributed by atoms with van der Waals surface area (Å²) in [4.78, 5) is 23.7. The molecular weight excluding hydrogens is 140 g/mol. The molecule has 0 spiro atoms.